The Morgan fingerprint density at radius 3 is 2.54 bits per heavy atom. The van der Waals surface area contributed by atoms with Gasteiger partial charge in [0.15, 0.2) is 0 Å². The lowest BCUT2D eigenvalue weighted by Crippen LogP contribution is -2.39. The van der Waals surface area contributed by atoms with Crippen LogP contribution in [-0.4, -0.2) is 49.3 Å². The van der Waals surface area contributed by atoms with E-state index in [9.17, 15) is 5.11 Å². The lowest BCUT2D eigenvalue weighted by molar-refractivity contribution is 0.100. The van der Waals surface area contributed by atoms with Crippen molar-refractivity contribution in [2.24, 2.45) is 5.92 Å². The minimum Gasteiger partial charge on any atom is -0.392 e. The molecule has 13 heavy (non-hydrogen) atoms. The van der Waals surface area contributed by atoms with Gasteiger partial charge in [-0.25, -0.2) is 0 Å². The smallest absolute Gasteiger partial charge is 0.0639 e. The number of nitrogens with zero attached hydrogens (tertiary/aromatic N) is 1. The molecular formula is C10H22N2O. The van der Waals surface area contributed by atoms with Crippen LogP contribution in [-0.2, 0) is 0 Å². The summed E-state index contributed by atoms with van der Waals surface area (Å²) in [4.78, 5) is 2.36. The Balaban J connectivity index is 2.15. The maximum absolute atomic E-state index is 9.22. The molecule has 78 valence electrons. The molecule has 0 bridgehead atoms. The van der Waals surface area contributed by atoms with Crippen LogP contribution < -0.4 is 5.32 Å². The fraction of sp³-hybridized carbons (Fsp3) is 1.00. The van der Waals surface area contributed by atoms with Crippen LogP contribution in [0, 0.1) is 5.92 Å². The van der Waals surface area contributed by atoms with Crippen LogP contribution in [0.5, 0.6) is 0 Å². The summed E-state index contributed by atoms with van der Waals surface area (Å²) in [6, 6.07) is 0. The van der Waals surface area contributed by atoms with Gasteiger partial charge in [0.2, 0.25) is 0 Å². The largest absolute Gasteiger partial charge is 0.392 e. The number of piperidine rings is 1. The zero-order valence-corrected chi connectivity index (χ0v) is 8.79. The Morgan fingerprint density at radius 1 is 1.46 bits per heavy atom. The van der Waals surface area contributed by atoms with Crippen molar-refractivity contribution in [3.63, 3.8) is 0 Å². The molecule has 1 atom stereocenters. The van der Waals surface area contributed by atoms with E-state index in [4.69, 9.17) is 0 Å². The molecule has 0 aromatic heterocycles. The van der Waals surface area contributed by atoms with E-state index in [-0.39, 0.29) is 6.10 Å². The Labute approximate surface area is 81.1 Å². The van der Waals surface area contributed by atoms with Crippen molar-refractivity contribution in [2.75, 3.05) is 33.2 Å². The van der Waals surface area contributed by atoms with Gasteiger partial charge in [-0.3, -0.25) is 0 Å². The molecule has 2 N–H and O–H groups in total. The van der Waals surface area contributed by atoms with Gasteiger partial charge in [-0.15, -0.1) is 0 Å². The molecule has 1 saturated heterocycles. The fourth-order valence-electron chi connectivity index (χ4n) is 2.04. The van der Waals surface area contributed by atoms with Gasteiger partial charge < -0.3 is 15.3 Å². The van der Waals surface area contributed by atoms with E-state index in [2.05, 4.69) is 10.2 Å². The third-order valence-electron chi connectivity index (χ3n) is 2.72. The highest BCUT2D eigenvalue weighted by molar-refractivity contribution is 4.74. The molecule has 3 heteroatoms. The quantitative estimate of drug-likeness (QED) is 0.663. The van der Waals surface area contributed by atoms with Crippen molar-refractivity contribution in [2.45, 2.75) is 25.9 Å². The Hall–Kier alpha value is -0.120. The van der Waals surface area contributed by atoms with Crippen molar-refractivity contribution >= 4 is 0 Å². The maximum Gasteiger partial charge on any atom is 0.0639 e. The lowest BCUT2D eigenvalue weighted by Gasteiger charge is -2.32. The summed E-state index contributed by atoms with van der Waals surface area (Å²) in [6.45, 7) is 6.14. The van der Waals surface area contributed by atoms with Gasteiger partial charge in [0, 0.05) is 6.54 Å². The fourth-order valence-corrected chi connectivity index (χ4v) is 2.04. The van der Waals surface area contributed by atoms with Gasteiger partial charge in [-0.05, 0) is 52.4 Å². The molecule has 0 aliphatic carbocycles. The number of aliphatic hydroxyl groups excluding tert-OH is 1. The van der Waals surface area contributed by atoms with Gasteiger partial charge in [-0.1, -0.05) is 0 Å². The summed E-state index contributed by atoms with van der Waals surface area (Å²) in [5, 5.41) is 12.4. The molecular weight excluding hydrogens is 164 g/mol. The van der Waals surface area contributed by atoms with Crippen molar-refractivity contribution in [3.05, 3.63) is 0 Å². The second kappa shape index (κ2) is 5.58. The summed E-state index contributed by atoms with van der Waals surface area (Å²) in [6.07, 6.45) is 2.36. The number of β-amino-alcohol motifs (C(OH)–C–C–N with tert-alkyl or cyclic N) is 1. The number of hydrogen-bond acceptors (Lipinski definition) is 3. The summed E-state index contributed by atoms with van der Waals surface area (Å²) < 4.78 is 0. The van der Waals surface area contributed by atoms with Crippen molar-refractivity contribution < 1.29 is 5.11 Å². The number of nitrogens with one attached hydrogen (secondary N) is 1. The van der Waals surface area contributed by atoms with E-state index < -0.39 is 0 Å². The molecule has 3 nitrogen and oxygen atoms in total. The minimum absolute atomic E-state index is 0.180. The zero-order valence-electron chi connectivity index (χ0n) is 8.79. The first-order valence-electron chi connectivity index (χ1n) is 5.27. The Morgan fingerprint density at radius 2 is 2.08 bits per heavy atom. The van der Waals surface area contributed by atoms with Crippen molar-refractivity contribution in [1.29, 1.82) is 0 Å². The normalized spacial score (nSPS) is 23.3. The monoisotopic (exact) mass is 186 g/mol. The van der Waals surface area contributed by atoms with Crippen LogP contribution >= 0.6 is 0 Å². The van der Waals surface area contributed by atoms with Crippen LogP contribution in [0.15, 0.2) is 0 Å². The number of likely N-dealkylation sites (tertiary alicyclic amines) is 1. The molecule has 0 spiro atoms. The first kappa shape index (κ1) is 11.0. The maximum atomic E-state index is 9.22. The standard InChI is InChI=1S/C10H22N2O/c1-9(13)8-12-5-3-10(4-6-12)7-11-2/h9-11,13H,3-8H2,1-2H3/t9-/m1/s1. The SMILES string of the molecule is CNCC1CCN(C[C@@H](C)O)CC1. The van der Waals surface area contributed by atoms with E-state index >= 15 is 0 Å². The van der Waals surface area contributed by atoms with Gasteiger partial charge in [0.05, 0.1) is 6.10 Å². The van der Waals surface area contributed by atoms with Gasteiger partial charge in [0.25, 0.3) is 0 Å². The molecule has 0 saturated carbocycles. The van der Waals surface area contributed by atoms with Gasteiger partial charge >= 0.3 is 0 Å². The molecule has 1 aliphatic rings. The molecule has 1 heterocycles. The van der Waals surface area contributed by atoms with E-state index in [1.54, 1.807) is 0 Å². The predicted molar refractivity (Wildman–Crippen MR) is 54.8 cm³/mol. The van der Waals surface area contributed by atoms with E-state index in [1.165, 1.54) is 12.8 Å². The molecule has 1 aliphatic heterocycles. The summed E-state index contributed by atoms with van der Waals surface area (Å²) in [5.41, 5.74) is 0. The van der Waals surface area contributed by atoms with E-state index in [0.29, 0.717) is 0 Å². The number of rotatable bonds is 4. The topological polar surface area (TPSA) is 35.5 Å². The minimum atomic E-state index is -0.180. The van der Waals surface area contributed by atoms with Crippen LogP contribution in [0.2, 0.25) is 0 Å². The number of hydrogen-bond donors (Lipinski definition) is 2. The van der Waals surface area contributed by atoms with Crippen LogP contribution in [0.4, 0.5) is 0 Å². The molecule has 0 aromatic carbocycles. The summed E-state index contributed by atoms with van der Waals surface area (Å²) in [5.74, 6) is 0.843. The average Bonchev–Trinajstić information content (AvgIpc) is 2.08. The van der Waals surface area contributed by atoms with E-state index in [1.807, 2.05) is 14.0 Å². The first-order chi connectivity index (χ1) is 6.22. The van der Waals surface area contributed by atoms with Crippen molar-refractivity contribution in [3.8, 4) is 0 Å². The van der Waals surface area contributed by atoms with Gasteiger partial charge in [0.1, 0.15) is 0 Å². The second-order valence-electron chi connectivity index (χ2n) is 4.15. The molecule has 0 unspecified atom stereocenters. The zero-order chi connectivity index (χ0) is 9.68. The lowest BCUT2D eigenvalue weighted by atomic mass is 9.97. The highest BCUT2D eigenvalue weighted by atomic mass is 16.3. The van der Waals surface area contributed by atoms with Gasteiger partial charge in [-0.2, -0.15) is 0 Å². The summed E-state index contributed by atoms with van der Waals surface area (Å²) >= 11 is 0. The Bertz CT molecular complexity index is 131. The number of aliphatic hydroxyl groups is 1. The summed E-state index contributed by atoms with van der Waals surface area (Å²) in [7, 11) is 2.02. The predicted octanol–water partition coefficient (Wildman–Crippen LogP) is 0.299. The van der Waals surface area contributed by atoms with Crippen LogP contribution in [0.1, 0.15) is 19.8 Å². The highest BCUT2D eigenvalue weighted by Gasteiger charge is 2.18. The molecule has 0 radical (unpaired) electrons. The second-order valence-corrected chi connectivity index (χ2v) is 4.15. The molecule has 0 aromatic rings. The van der Waals surface area contributed by atoms with E-state index in [0.717, 1.165) is 32.1 Å². The third kappa shape index (κ3) is 4.07. The van der Waals surface area contributed by atoms with Crippen LogP contribution in [0.25, 0.3) is 0 Å². The van der Waals surface area contributed by atoms with Crippen LogP contribution in [0.3, 0.4) is 0 Å². The Kier molecular flexibility index (Phi) is 4.70. The average molecular weight is 186 g/mol. The molecule has 1 fully saturated rings. The molecule has 0 amide bonds. The highest BCUT2D eigenvalue weighted by Crippen LogP contribution is 2.16. The first-order valence-corrected chi connectivity index (χ1v) is 5.27. The third-order valence-corrected chi connectivity index (χ3v) is 2.72. The molecule has 1 rings (SSSR count). The van der Waals surface area contributed by atoms with Crippen molar-refractivity contribution in [1.82, 2.24) is 10.2 Å².